The van der Waals surface area contributed by atoms with Crippen molar-refractivity contribution in [1.29, 1.82) is 0 Å². The monoisotopic (exact) mass is 240 g/mol. The summed E-state index contributed by atoms with van der Waals surface area (Å²) < 4.78 is 4.56. The molecule has 0 aromatic heterocycles. The second kappa shape index (κ2) is 5.01. The summed E-state index contributed by atoms with van der Waals surface area (Å²) in [4.78, 5) is 31.1. The molecule has 0 spiro atoms. The third kappa shape index (κ3) is 2.54. The minimum atomic E-state index is -1.08. The molecule has 1 aromatic carbocycles. The minimum absolute atomic E-state index is 0.0258. The number of hydrogen-bond donors (Lipinski definition) is 0. The van der Waals surface area contributed by atoms with Crippen LogP contribution in [-0.2, 0) is 4.74 Å². The summed E-state index contributed by atoms with van der Waals surface area (Å²) in [6, 6.07) is 3.16. The van der Waals surface area contributed by atoms with E-state index in [0.29, 0.717) is 0 Å². The molecule has 0 aliphatic heterocycles. The van der Waals surface area contributed by atoms with Crippen LogP contribution < -0.4 is 0 Å². The second-order valence-electron chi connectivity index (χ2n) is 2.91. The van der Waals surface area contributed by atoms with Crippen molar-refractivity contribution in [2.24, 2.45) is 0 Å². The van der Waals surface area contributed by atoms with Crippen LogP contribution in [0.15, 0.2) is 18.2 Å². The van der Waals surface area contributed by atoms with Gasteiger partial charge in [0.1, 0.15) is 0 Å². The van der Waals surface area contributed by atoms with E-state index in [1.54, 1.807) is 0 Å². The van der Waals surface area contributed by atoms with Crippen molar-refractivity contribution < 1.29 is 19.4 Å². The highest BCUT2D eigenvalue weighted by molar-refractivity contribution is 5.98. The van der Waals surface area contributed by atoms with Crippen LogP contribution in [0, 0.1) is 20.2 Å². The Labute approximate surface area is 95.1 Å². The number of ether oxygens (including phenoxy) is 1. The SMILES string of the molecule is CCOC(=O)c1c([N+](=O)[O-])cccc1[N+](=O)[O-]. The largest absolute Gasteiger partial charge is 0.462 e. The van der Waals surface area contributed by atoms with Crippen molar-refractivity contribution in [2.45, 2.75) is 6.92 Å². The van der Waals surface area contributed by atoms with Gasteiger partial charge >= 0.3 is 5.97 Å². The van der Waals surface area contributed by atoms with Crippen LogP contribution in [0.5, 0.6) is 0 Å². The van der Waals surface area contributed by atoms with E-state index in [1.807, 2.05) is 0 Å². The Morgan fingerprint density at radius 2 is 1.71 bits per heavy atom. The molecular formula is C9H8N2O6. The Morgan fingerprint density at radius 3 is 2.06 bits per heavy atom. The standard InChI is InChI=1S/C9H8N2O6/c1-2-17-9(12)8-6(10(13)14)4-3-5-7(8)11(15)16/h3-5H,2H2,1H3. The van der Waals surface area contributed by atoms with Gasteiger partial charge in [-0.3, -0.25) is 20.2 Å². The summed E-state index contributed by atoms with van der Waals surface area (Å²) in [5.74, 6) is -1.08. The van der Waals surface area contributed by atoms with Crippen LogP contribution in [0.25, 0.3) is 0 Å². The Bertz CT molecular complexity index is 452. The van der Waals surface area contributed by atoms with Gasteiger partial charge in [-0.05, 0) is 13.0 Å². The lowest BCUT2D eigenvalue weighted by Crippen LogP contribution is -2.10. The van der Waals surface area contributed by atoms with Crippen LogP contribution in [0.2, 0.25) is 0 Å². The summed E-state index contributed by atoms with van der Waals surface area (Å²) in [7, 11) is 0. The zero-order chi connectivity index (χ0) is 13.0. The fourth-order valence-electron chi connectivity index (χ4n) is 1.24. The van der Waals surface area contributed by atoms with Gasteiger partial charge in [-0.1, -0.05) is 0 Å². The number of benzene rings is 1. The molecule has 8 nitrogen and oxygen atoms in total. The molecule has 0 aliphatic rings. The molecule has 0 N–H and O–H groups in total. The van der Waals surface area contributed by atoms with E-state index in [9.17, 15) is 25.0 Å². The van der Waals surface area contributed by atoms with Crippen LogP contribution in [0.1, 0.15) is 17.3 Å². The minimum Gasteiger partial charge on any atom is -0.462 e. The summed E-state index contributed by atoms with van der Waals surface area (Å²) >= 11 is 0. The quantitative estimate of drug-likeness (QED) is 0.449. The maximum atomic E-state index is 11.5. The molecule has 0 atom stereocenters. The van der Waals surface area contributed by atoms with E-state index < -0.39 is 32.8 Å². The van der Waals surface area contributed by atoms with E-state index in [2.05, 4.69) is 4.74 Å². The zero-order valence-corrected chi connectivity index (χ0v) is 8.78. The van der Waals surface area contributed by atoms with Gasteiger partial charge < -0.3 is 4.74 Å². The predicted molar refractivity (Wildman–Crippen MR) is 55.7 cm³/mol. The molecule has 0 heterocycles. The van der Waals surface area contributed by atoms with Gasteiger partial charge in [0.15, 0.2) is 0 Å². The molecule has 0 aliphatic carbocycles. The van der Waals surface area contributed by atoms with E-state index in [1.165, 1.54) is 6.92 Å². The van der Waals surface area contributed by atoms with Gasteiger partial charge in [0, 0.05) is 12.1 Å². The van der Waals surface area contributed by atoms with E-state index in [0.717, 1.165) is 18.2 Å². The number of carbonyl (C=O) groups excluding carboxylic acids is 1. The molecule has 90 valence electrons. The highest BCUT2D eigenvalue weighted by Gasteiger charge is 2.31. The topological polar surface area (TPSA) is 113 Å². The molecule has 1 aromatic rings. The number of carbonyl (C=O) groups is 1. The molecule has 0 amide bonds. The number of nitro groups is 2. The van der Waals surface area contributed by atoms with Crippen LogP contribution in [0.3, 0.4) is 0 Å². The molecule has 8 heteroatoms. The van der Waals surface area contributed by atoms with Crippen molar-refractivity contribution in [1.82, 2.24) is 0 Å². The highest BCUT2D eigenvalue weighted by atomic mass is 16.6. The normalized spacial score (nSPS) is 9.71. The summed E-state index contributed by atoms with van der Waals surface area (Å²) in [6.45, 7) is 1.47. The molecule has 0 saturated carbocycles. The zero-order valence-electron chi connectivity index (χ0n) is 8.78. The average Bonchev–Trinajstić information content (AvgIpc) is 2.28. The Kier molecular flexibility index (Phi) is 3.70. The van der Waals surface area contributed by atoms with Crippen LogP contribution in [-0.4, -0.2) is 22.4 Å². The Hall–Kier alpha value is -2.51. The Morgan fingerprint density at radius 1 is 1.24 bits per heavy atom. The van der Waals surface area contributed by atoms with Crippen molar-refractivity contribution in [3.05, 3.63) is 44.0 Å². The van der Waals surface area contributed by atoms with Crippen molar-refractivity contribution in [2.75, 3.05) is 6.61 Å². The van der Waals surface area contributed by atoms with Crippen LogP contribution >= 0.6 is 0 Å². The van der Waals surface area contributed by atoms with E-state index >= 15 is 0 Å². The van der Waals surface area contributed by atoms with Gasteiger partial charge in [-0.25, -0.2) is 4.79 Å². The predicted octanol–water partition coefficient (Wildman–Crippen LogP) is 1.68. The summed E-state index contributed by atoms with van der Waals surface area (Å²) in [5, 5.41) is 21.4. The van der Waals surface area contributed by atoms with E-state index in [-0.39, 0.29) is 6.61 Å². The molecule has 0 unspecified atom stereocenters. The number of hydrogen-bond acceptors (Lipinski definition) is 6. The number of esters is 1. The number of nitro benzene ring substituents is 2. The first-order valence-electron chi connectivity index (χ1n) is 4.58. The smallest absolute Gasteiger partial charge is 0.352 e. The van der Waals surface area contributed by atoms with Gasteiger partial charge in [0.25, 0.3) is 11.4 Å². The third-order valence-electron chi connectivity index (χ3n) is 1.89. The highest BCUT2D eigenvalue weighted by Crippen LogP contribution is 2.28. The fourth-order valence-corrected chi connectivity index (χ4v) is 1.24. The first kappa shape index (κ1) is 12.6. The number of rotatable bonds is 4. The fraction of sp³-hybridized carbons (Fsp3) is 0.222. The van der Waals surface area contributed by atoms with Gasteiger partial charge in [-0.15, -0.1) is 0 Å². The molecule has 0 fully saturated rings. The Balaban J connectivity index is 3.43. The molecule has 17 heavy (non-hydrogen) atoms. The van der Waals surface area contributed by atoms with Crippen molar-refractivity contribution in [3.63, 3.8) is 0 Å². The van der Waals surface area contributed by atoms with Crippen molar-refractivity contribution in [3.8, 4) is 0 Å². The summed E-state index contributed by atoms with van der Waals surface area (Å²) in [6.07, 6.45) is 0. The van der Waals surface area contributed by atoms with Crippen molar-refractivity contribution >= 4 is 17.3 Å². The molecule has 0 radical (unpaired) electrons. The first-order valence-corrected chi connectivity index (χ1v) is 4.58. The maximum absolute atomic E-state index is 11.5. The lowest BCUT2D eigenvalue weighted by atomic mass is 10.1. The molecule has 1 rings (SSSR count). The average molecular weight is 240 g/mol. The van der Waals surface area contributed by atoms with Gasteiger partial charge in [-0.2, -0.15) is 0 Å². The molecule has 0 saturated heterocycles. The van der Waals surface area contributed by atoms with Gasteiger partial charge in [0.2, 0.25) is 5.56 Å². The van der Waals surface area contributed by atoms with E-state index in [4.69, 9.17) is 0 Å². The molecule has 0 bridgehead atoms. The molecular weight excluding hydrogens is 232 g/mol. The maximum Gasteiger partial charge on any atom is 0.352 e. The third-order valence-corrected chi connectivity index (χ3v) is 1.89. The van der Waals surface area contributed by atoms with Crippen LogP contribution in [0.4, 0.5) is 11.4 Å². The number of nitrogens with zero attached hydrogens (tertiary/aromatic N) is 2. The lowest BCUT2D eigenvalue weighted by molar-refractivity contribution is -0.394. The second-order valence-corrected chi connectivity index (χ2v) is 2.91. The van der Waals surface area contributed by atoms with Gasteiger partial charge in [0.05, 0.1) is 16.5 Å². The summed E-state index contributed by atoms with van der Waals surface area (Å²) in [5.41, 5.74) is -1.92. The first-order chi connectivity index (χ1) is 7.99. The lowest BCUT2D eigenvalue weighted by Gasteiger charge is -2.03.